The van der Waals surface area contributed by atoms with E-state index in [-0.39, 0.29) is 17.5 Å². The first kappa shape index (κ1) is 15.0. The summed E-state index contributed by atoms with van der Waals surface area (Å²) in [6.07, 6.45) is -0.104. The molecule has 1 aliphatic rings. The molecule has 7 nitrogen and oxygen atoms in total. The van der Waals surface area contributed by atoms with Crippen molar-refractivity contribution >= 4 is 40.4 Å². The molecule has 1 heterocycles. The van der Waals surface area contributed by atoms with Gasteiger partial charge in [0.15, 0.2) is 11.1 Å². The van der Waals surface area contributed by atoms with Crippen molar-refractivity contribution in [2.24, 2.45) is 21.5 Å². The van der Waals surface area contributed by atoms with Crippen LogP contribution in [0.3, 0.4) is 0 Å². The Morgan fingerprint density at radius 1 is 1.48 bits per heavy atom. The number of halogens is 1. The summed E-state index contributed by atoms with van der Waals surface area (Å²) in [7, 11) is 0. The number of anilines is 1. The maximum absolute atomic E-state index is 13.0. The summed E-state index contributed by atoms with van der Waals surface area (Å²) >= 11 is 1.01. The second-order valence-electron chi connectivity index (χ2n) is 4.14. The van der Waals surface area contributed by atoms with E-state index in [0.29, 0.717) is 5.69 Å². The maximum Gasteiger partial charge on any atom is 0.262 e. The molecule has 110 valence electrons. The van der Waals surface area contributed by atoms with Crippen molar-refractivity contribution in [3.8, 4) is 0 Å². The van der Waals surface area contributed by atoms with Gasteiger partial charge in [-0.2, -0.15) is 9.98 Å². The number of amidine groups is 1. The van der Waals surface area contributed by atoms with E-state index >= 15 is 0 Å². The van der Waals surface area contributed by atoms with Gasteiger partial charge >= 0.3 is 0 Å². The van der Waals surface area contributed by atoms with E-state index < -0.39 is 22.9 Å². The molecule has 1 aromatic rings. The molecule has 0 saturated carbocycles. The van der Waals surface area contributed by atoms with Gasteiger partial charge in [0, 0.05) is 12.1 Å². The standard InChI is InChI=1S/C12H12FN5O2S/c13-6-2-1-3-7(4-6)16-9(19)5-8-10(20)17-12(21-8)18-11(14)15/h1-4,8H,5H2,(H,16,19)(H4,14,15,17,18,20)/t8-/m0/s1. The number of aliphatic imine (C=N–C) groups is 2. The van der Waals surface area contributed by atoms with Crippen LogP contribution in [0.1, 0.15) is 6.42 Å². The number of rotatable bonds is 3. The maximum atomic E-state index is 13.0. The van der Waals surface area contributed by atoms with Gasteiger partial charge in [-0.15, -0.1) is 0 Å². The Labute approximate surface area is 123 Å². The van der Waals surface area contributed by atoms with Crippen molar-refractivity contribution in [1.82, 2.24) is 0 Å². The Morgan fingerprint density at radius 3 is 2.90 bits per heavy atom. The summed E-state index contributed by atoms with van der Waals surface area (Å²) in [6, 6.07) is 5.47. The van der Waals surface area contributed by atoms with E-state index in [0.717, 1.165) is 11.8 Å². The lowest BCUT2D eigenvalue weighted by molar-refractivity contribution is -0.121. The number of carbonyl (C=O) groups excluding carboxylic acids is 2. The van der Waals surface area contributed by atoms with Crippen molar-refractivity contribution in [3.05, 3.63) is 30.1 Å². The smallest absolute Gasteiger partial charge is 0.262 e. The molecule has 1 atom stereocenters. The van der Waals surface area contributed by atoms with Crippen molar-refractivity contribution < 1.29 is 14.0 Å². The van der Waals surface area contributed by atoms with Crippen molar-refractivity contribution in [2.75, 3.05) is 5.32 Å². The Hall–Kier alpha value is -2.42. The minimum atomic E-state index is -0.684. The van der Waals surface area contributed by atoms with Crippen molar-refractivity contribution in [2.45, 2.75) is 11.7 Å². The fourth-order valence-corrected chi connectivity index (χ4v) is 2.55. The Morgan fingerprint density at radius 2 is 2.24 bits per heavy atom. The third kappa shape index (κ3) is 4.28. The molecular weight excluding hydrogens is 297 g/mol. The number of nitrogens with zero attached hydrogens (tertiary/aromatic N) is 2. The summed E-state index contributed by atoms with van der Waals surface area (Å²) < 4.78 is 13.0. The number of nitrogens with two attached hydrogens (primary N) is 2. The van der Waals surface area contributed by atoms with Gasteiger partial charge in [0.05, 0.1) is 0 Å². The van der Waals surface area contributed by atoms with Crippen LogP contribution in [-0.2, 0) is 9.59 Å². The molecule has 2 amide bonds. The summed E-state index contributed by atoms with van der Waals surface area (Å²) in [5, 5.41) is 1.95. The lowest BCUT2D eigenvalue weighted by Gasteiger charge is -2.07. The molecule has 1 aliphatic heterocycles. The molecule has 0 saturated heterocycles. The molecule has 1 aromatic carbocycles. The molecule has 0 aromatic heterocycles. The molecule has 0 fully saturated rings. The van der Waals surface area contributed by atoms with E-state index in [9.17, 15) is 14.0 Å². The van der Waals surface area contributed by atoms with Gasteiger partial charge in [-0.25, -0.2) is 4.39 Å². The molecule has 0 radical (unpaired) electrons. The number of hydrogen-bond acceptors (Lipinski definition) is 4. The van der Waals surface area contributed by atoms with Gasteiger partial charge in [0.2, 0.25) is 5.91 Å². The van der Waals surface area contributed by atoms with Crippen LogP contribution in [0, 0.1) is 5.82 Å². The predicted molar refractivity (Wildman–Crippen MR) is 79.3 cm³/mol. The fourth-order valence-electron chi connectivity index (χ4n) is 1.61. The number of carbonyl (C=O) groups is 2. The monoisotopic (exact) mass is 309 g/mol. The second-order valence-corrected chi connectivity index (χ2v) is 5.31. The van der Waals surface area contributed by atoms with Crippen LogP contribution in [0.15, 0.2) is 34.3 Å². The molecule has 9 heteroatoms. The fraction of sp³-hybridized carbons (Fsp3) is 0.167. The van der Waals surface area contributed by atoms with Gasteiger partial charge in [-0.05, 0) is 18.2 Å². The molecule has 5 N–H and O–H groups in total. The topological polar surface area (TPSA) is 123 Å². The minimum Gasteiger partial charge on any atom is -0.370 e. The van der Waals surface area contributed by atoms with Gasteiger partial charge in [0.1, 0.15) is 11.1 Å². The van der Waals surface area contributed by atoms with Crippen LogP contribution in [0.4, 0.5) is 10.1 Å². The molecule has 0 aliphatic carbocycles. The Bertz CT molecular complexity index is 642. The Kier molecular flexibility index (Phi) is 4.53. The second kappa shape index (κ2) is 6.35. The van der Waals surface area contributed by atoms with Gasteiger partial charge in [-0.3, -0.25) is 9.59 Å². The number of guanidine groups is 1. The number of hydrogen-bond donors (Lipinski definition) is 3. The first-order valence-corrected chi connectivity index (χ1v) is 6.76. The normalized spacial score (nSPS) is 17.3. The van der Waals surface area contributed by atoms with Crippen LogP contribution in [0.2, 0.25) is 0 Å². The first-order chi connectivity index (χ1) is 9.94. The summed E-state index contributed by atoms with van der Waals surface area (Å²) in [5.74, 6) is -1.57. The van der Waals surface area contributed by atoms with Crippen LogP contribution in [0.25, 0.3) is 0 Å². The zero-order chi connectivity index (χ0) is 15.4. The molecule has 21 heavy (non-hydrogen) atoms. The van der Waals surface area contributed by atoms with E-state index in [4.69, 9.17) is 11.5 Å². The number of benzene rings is 1. The number of amides is 2. The highest BCUT2D eigenvalue weighted by atomic mass is 32.2. The van der Waals surface area contributed by atoms with Gasteiger partial charge < -0.3 is 16.8 Å². The summed E-state index contributed by atoms with van der Waals surface area (Å²) in [6.45, 7) is 0. The highest BCUT2D eigenvalue weighted by Gasteiger charge is 2.30. The van der Waals surface area contributed by atoms with Crippen molar-refractivity contribution in [3.63, 3.8) is 0 Å². The van der Waals surface area contributed by atoms with E-state index in [1.807, 2.05) is 0 Å². The summed E-state index contributed by atoms with van der Waals surface area (Å²) in [5.41, 5.74) is 10.7. The van der Waals surface area contributed by atoms with Crippen LogP contribution in [0.5, 0.6) is 0 Å². The average Bonchev–Trinajstić information content (AvgIpc) is 2.68. The van der Waals surface area contributed by atoms with Gasteiger partial charge in [-0.1, -0.05) is 17.8 Å². The molecular formula is C12H12FN5O2S. The van der Waals surface area contributed by atoms with Crippen LogP contribution >= 0.6 is 11.8 Å². The zero-order valence-electron chi connectivity index (χ0n) is 10.7. The lowest BCUT2D eigenvalue weighted by atomic mass is 10.2. The minimum absolute atomic E-state index is 0.104. The van der Waals surface area contributed by atoms with Crippen LogP contribution < -0.4 is 16.8 Å². The van der Waals surface area contributed by atoms with Gasteiger partial charge in [0.25, 0.3) is 5.91 Å². The first-order valence-electron chi connectivity index (χ1n) is 5.88. The molecule has 0 spiro atoms. The SMILES string of the molecule is NC(N)=NC1=NC(=O)[C@H](CC(=O)Nc2cccc(F)c2)S1. The quantitative estimate of drug-likeness (QED) is 0.552. The van der Waals surface area contributed by atoms with E-state index in [1.54, 1.807) is 6.07 Å². The van der Waals surface area contributed by atoms with Crippen LogP contribution in [-0.4, -0.2) is 28.2 Å². The van der Waals surface area contributed by atoms with E-state index in [1.165, 1.54) is 18.2 Å². The number of thioether (sulfide) groups is 1. The zero-order valence-corrected chi connectivity index (χ0v) is 11.6. The van der Waals surface area contributed by atoms with Crippen molar-refractivity contribution in [1.29, 1.82) is 0 Å². The predicted octanol–water partition coefficient (Wildman–Crippen LogP) is 0.426. The highest BCUT2D eigenvalue weighted by Crippen LogP contribution is 2.26. The molecule has 0 bridgehead atoms. The molecule has 2 rings (SSSR count). The third-order valence-electron chi connectivity index (χ3n) is 2.43. The highest BCUT2D eigenvalue weighted by molar-refractivity contribution is 8.15. The third-order valence-corrected chi connectivity index (χ3v) is 3.48. The summed E-state index contributed by atoms with van der Waals surface area (Å²) in [4.78, 5) is 30.7. The largest absolute Gasteiger partial charge is 0.370 e. The number of nitrogens with one attached hydrogen (secondary N) is 1. The average molecular weight is 309 g/mol. The lowest BCUT2D eigenvalue weighted by Crippen LogP contribution is -2.23. The Balaban J connectivity index is 1.93. The molecule has 0 unspecified atom stereocenters. The van der Waals surface area contributed by atoms with E-state index in [2.05, 4.69) is 15.3 Å².